The molecule has 0 spiro atoms. The molecule has 0 aromatic carbocycles. The lowest BCUT2D eigenvalue weighted by molar-refractivity contribution is 0.120. The first-order valence-corrected chi connectivity index (χ1v) is 6.25. The Balaban J connectivity index is 1.62. The maximum atomic E-state index is 2.79. The van der Waals surface area contributed by atoms with Crippen LogP contribution in [0.2, 0.25) is 0 Å². The van der Waals surface area contributed by atoms with Gasteiger partial charge < -0.3 is 4.90 Å². The summed E-state index contributed by atoms with van der Waals surface area (Å²) in [4.78, 5) is 5.31. The molecule has 0 unspecified atom stereocenters. The minimum atomic E-state index is 0.911. The SMILES string of the molecule is CN1CC[C@@H]2CCN(CC3CC3)[C@@H]2C1. The summed E-state index contributed by atoms with van der Waals surface area (Å²) in [6.45, 7) is 5.46. The Morgan fingerprint density at radius 3 is 2.64 bits per heavy atom. The van der Waals surface area contributed by atoms with E-state index in [0.717, 1.165) is 17.9 Å². The predicted octanol–water partition coefficient (Wildman–Crippen LogP) is 1.42. The lowest BCUT2D eigenvalue weighted by Crippen LogP contribution is -2.47. The molecule has 2 heterocycles. The zero-order valence-corrected chi connectivity index (χ0v) is 9.28. The first kappa shape index (κ1) is 9.17. The summed E-state index contributed by atoms with van der Waals surface area (Å²) >= 11 is 0. The molecule has 1 saturated carbocycles. The van der Waals surface area contributed by atoms with E-state index in [9.17, 15) is 0 Å². The van der Waals surface area contributed by atoms with E-state index in [1.807, 2.05) is 0 Å². The maximum absolute atomic E-state index is 2.79. The quantitative estimate of drug-likeness (QED) is 0.656. The van der Waals surface area contributed by atoms with E-state index in [1.165, 1.54) is 51.9 Å². The van der Waals surface area contributed by atoms with Gasteiger partial charge in [-0.05, 0) is 57.7 Å². The first-order valence-electron chi connectivity index (χ1n) is 6.25. The number of likely N-dealkylation sites (N-methyl/N-ethyl adjacent to an activating group) is 1. The van der Waals surface area contributed by atoms with Crippen LogP contribution in [0, 0.1) is 11.8 Å². The van der Waals surface area contributed by atoms with E-state index in [4.69, 9.17) is 0 Å². The molecular weight excluding hydrogens is 172 g/mol. The van der Waals surface area contributed by atoms with E-state index < -0.39 is 0 Å². The second kappa shape index (κ2) is 3.49. The van der Waals surface area contributed by atoms with Crippen LogP contribution >= 0.6 is 0 Å². The summed E-state index contributed by atoms with van der Waals surface area (Å²) in [5.74, 6) is 2.10. The summed E-state index contributed by atoms with van der Waals surface area (Å²) in [6, 6.07) is 0.911. The Kier molecular flexibility index (Phi) is 2.29. The fourth-order valence-electron chi connectivity index (χ4n) is 3.24. The van der Waals surface area contributed by atoms with E-state index in [1.54, 1.807) is 0 Å². The Labute approximate surface area is 87.3 Å². The van der Waals surface area contributed by atoms with E-state index in [2.05, 4.69) is 16.8 Å². The smallest absolute Gasteiger partial charge is 0.0252 e. The van der Waals surface area contributed by atoms with Gasteiger partial charge in [0.05, 0.1) is 0 Å². The van der Waals surface area contributed by atoms with Crippen molar-refractivity contribution >= 4 is 0 Å². The molecule has 2 nitrogen and oxygen atoms in total. The van der Waals surface area contributed by atoms with Gasteiger partial charge in [-0.15, -0.1) is 0 Å². The number of hydrogen-bond acceptors (Lipinski definition) is 2. The molecule has 1 aliphatic carbocycles. The highest BCUT2D eigenvalue weighted by atomic mass is 15.2. The second-order valence-corrected chi connectivity index (χ2v) is 5.61. The molecule has 3 rings (SSSR count). The number of fused-ring (bicyclic) bond motifs is 1. The molecule has 2 saturated heterocycles. The third kappa shape index (κ3) is 1.70. The van der Waals surface area contributed by atoms with Crippen LogP contribution < -0.4 is 0 Å². The van der Waals surface area contributed by atoms with Gasteiger partial charge in [-0.2, -0.15) is 0 Å². The highest BCUT2D eigenvalue weighted by Gasteiger charge is 2.39. The molecule has 2 aliphatic heterocycles. The fraction of sp³-hybridized carbons (Fsp3) is 1.00. The van der Waals surface area contributed by atoms with E-state index >= 15 is 0 Å². The Hall–Kier alpha value is -0.0800. The van der Waals surface area contributed by atoms with Crippen LogP contribution in [0.1, 0.15) is 25.7 Å². The highest BCUT2D eigenvalue weighted by molar-refractivity contribution is 4.94. The molecule has 14 heavy (non-hydrogen) atoms. The third-order valence-electron chi connectivity index (χ3n) is 4.37. The lowest BCUT2D eigenvalue weighted by Gasteiger charge is -2.36. The zero-order chi connectivity index (χ0) is 9.54. The molecule has 0 bridgehead atoms. The lowest BCUT2D eigenvalue weighted by atomic mass is 9.92. The van der Waals surface area contributed by atoms with Gasteiger partial charge in [0.25, 0.3) is 0 Å². The van der Waals surface area contributed by atoms with Crippen molar-refractivity contribution in [2.45, 2.75) is 31.7 Å². The molecule has 0 aromatic heterocycles. The number of piperidine rings is 1. The molecule has 0 amide bonds. The molecule has 3 fully saturated rings. The third-order valence-corrected chi connectivity index (χ3v) is 4.37. The van der Waals surface area contributed by atoms with Gasteiger partial charge in [0, 0.05) is 19.1 Å². The Morgan fingerprint density at radius 1 is 1.07 bits per heavy atom. The fourth-order valence-corrected chi connectivity index (χ4v) is 3.24. The van der Waals surface area contributed by atoms with Gasteiger partial charge in [-0.1, -0.05) is 0 Å². The molecule has 80 valence electrons. The molecule has 3 aliphatic rings. The summed E-state index contributed by atoms with van der Waals surface area (Å²) in [5.41, 5.74) is 0. The van der Waals surface area contributed by atoms with Gasteiger partial charge in [0.15, 0.2) is 0 Å². The topological polar surface area (TPSA) is 6.48 Å². The van der Waals surface area contributed by atoms with Crippen molar-refractivity contribution in [2.75, 3.05) is 33.2 Å². The van der Waals surface area contributed by atoms with Gasteiger partial charge >= 0.3 is 0 Å². The van der Waals surface area contributed by atoms with Crippen LogP contribution in [-0.2, 0) is 0 Å². The largest absolute Gasteiger partial charge is 0.305 e. The van der Waals surface area contributed by atoms with Crippen LogP contribution in [0.5, 0.6) is 0 Å². The van der Waals surface area contributed by atoms with Crippen molar-refractivity contribution in [3.05, 3.63) is 0 Å². The molecular formula is C12H22N2. The summed E-state index contributed by atoms with van der Waals surface area (Å²) in [5, 5.41) is 0. The summed E-state index contributed by atoms with van der Waals surface area (Å²) < 4.78 is 0. The van der Waals surface area contributed by atoms with Gasteiger partial charge in [-0.3, -0.25) is 4.90 Å². The summed E-state index contributed by atoms with van der Waals surface area (Å²) in [6.07, 6.45) is 5.93. The van der Waals surface area contributed by atoms with Gasteiger partial charge in [-0.25, -0.2) is 0 Å². The normalized spacial score (nSPS) is 40.1. The van der Waals surface area contributed by atoms with Crippen LogP contribution in [0.15, 0.2) is 0 Å². The van der Waals surface area contributed by atoms with Crippen molar-refractivity contribution in [3.63, 3.8) is 0 Å². The molecule has 0 N–H and O–H groups in total. The van der Waals surface area contributed by atoms with Crippen molar-refractivity contribution < 1.29 is 0 Å². The van der Waals surface area contributed by atoms with Crippen molar-refractivity contribution in [3.8, 4) is 0 Å². The monoisotopic (exact) mass is 194 g/mol. The van der Waals surface area contributed by atoms with E-state index in [-0.39, 0.29) is 0 Å². The second-order valence-electron chi connectivity index (χ2n) is 5.61. The minimum absolute atomic E-state index is 0.911. The van der Waals surface area contributed by atoms with Crippen molar-refractivity contribution in [1.29, 1.82) is 0 Å². The van der Waals surface area contributed by atoms with Crippen LogP contribution in [0.4, 0.5) is 0 Å². The van der Waals surface area contributed by atoms with E-state index in [0.29, 0.717) is 0 Å². The van der Waals surface area contributed by atoms with Crippen LogP contribution in [0.3, 0.4) is 0 Å². The van der Waals surface area contributed by atoms with Gasteiger partial charge in [0.2, 0.25) is 0 Å². The van der Waals surface area contributed by atoms with Crippen LogP contribution in [-0.4, -0.2) is 49.1 Å². The Morgan fingerprint density at radius 2 is 1.86 bits per heavy atom. The number of hydrogen-bond donors (Lipinski definition) is 0. The first-order chi connectivity index (χ1) is 6.83. The van der Waals surface area contributed by atoms with Crippen molar-refractivity contribution in [1.82, 2.24) is 9.80 Å². The average Bonchev–Trinajstić information content (AvgIpc) is 2.90. The van der Waals surface area contributed by atoms with Crippen LogP contribution in [0.25, 0.3) is 0 Å². The number of nitrogens with zero attached hydrogens (tertiary/aromatic N) is 2. The number of likely N-dealkylation sites (tertiary alicyclic amines) is 2. The minimum Gasteiger partial charge on any atom is -0.305 e. The molecule has 2 atom stereocenters. The predicted molar refractivity (Wildman–Crippen MR) is 58.3 cm³/mol. The Bertz CT molecular complexity index is 212. The molecule has 0 radical (unpaired) electrons. The summed E-state index contributed by atoms with van der Waals surface area (Å²) in [7, 11) is 2.28. The maximum Gasteiger partial charge on any atom is 0.0252 e. The molecule has 0 aromatic rings. The number of rotatable bonds is 2. The molecule has 2 heteroatoms. The average molecular weight is 194 g/mol. The standard InChI is InChI=1S/C12H22N2/c1-13-6-4-11-5-7-14(12(11)9-13)8-10-2-3-10/h10-12H,2-9H2,1H3/t11-,12-/m1/s1. The van der Waals surface area contributed by atoms with Crippen molar-refractivity contribution in [2.24, 2.45) is 11.8 Å². The highest BCUT2D eigenvalue weighted by Crippen LogP contribution is 2.36. The zero-order valence-electron chi connectivity index (χ0n) is 9.28. The van der Waals surface area contributed by atoms with Gasteiger partial charge in [0.1, 0.15) is 0 Å².